The van der Waals surface area contributed by atoms with Gasteiger partial charge in [0.2, 0.25) is 5.91 Å². The van der Waals surface area contributed by atoms with Crippen LogP contribution in [0.1, 0.15) is 54.1 Å². The first-order valence-electron chi connectivity index (χ1n) is 8.50. The molecule has 1 aromatic carbocycles. The Hall–Kier alpha value is -0.910. The second-order valence-electron chi connectivity index (χ2n) is 6.45. The number of carbonyl (C=O) groups is 2. The summed E-state index contributed by atoms with van der Waals surface area (Å²) in [5.41, 5.74) is 3.82. The molecule has 1 unspecified atom stereocenters. The molecular formula is C18H24BrClN2O2. The molecule has 0 spiro atoms. The van der Waals surface area contributed by atoms with Crippen molar-refractivity contribution in [2.24, 2.45) is 5.92 Å². The number of nitrogens with one attached hydrogen (secondary N) is 2. The molecule has 0 bridgehead atoms. The van der Waals surface area contributed by atoms with Gasteiger partial charge in [0.05, 0.1) is 5.69 Å². The fraction of sp³-hybridized carbons (Fsp3) is 0.556. The number of benzene rings is 1. The SMILES string of the molecule is CCCCNCC1CCc2cc(Br)c3c(c2C1=O)CCC(=O)N3.Cl. The summed E-state index contributed by atoms with van der Waals surface area (Å²) in [5, 5.41) is 6.34. The topological polar surface area (TPSA) is 58.2 Å². The van der Waals surface area contributed by atoms with Crippen LogP contribution in [0.3, 0.4) is 0 Å². The number of hydrogen-bond acceptors (Lipinski definition) is 3. The van der Waals surface area contributed by atoms with E-state index < -0.39 is 0 Å². The first-order chi connectivity index (χ1) is 11.1. The van der Waals surface area contributed by atoms with Crippen molar-refractivity contribution in [3.05, 3.63) is 27.2 Å². The predicted molar refractivity (Wildman–Crippen MR) is 102 cm³/mol. The van der Waals surface area contributed by atoms with Crippen LogP contribution in [0.5, 0.6) is 0 Å². The number of hydrogen-bond donors (Lipinski definition) is 2. The highest BCUT2D eigenvalue weighted by molar-refractivity contribution is 9.10. The van der Waals surface area contributed by atoms with Crippen LogP contribution in [-0.2, 0) is 17.6 Å². The number of carbonyl (C=O) groups excluding carboxylic acids is 2. The maximum absolute atomic E-state index is 13.0. The highest BCUT2D eigenvalue weighted by Gasteiger charge is 2.33. The molecule has 3 rings (SSSR count). The second kappa shape index (κ2) is 8.45. The average Bonchev–Trinajstić information content (AvgIpc) is 2.54. The Morgan fingerprint density at radius 3 is 2.83 bits per heavy atom. The predicted octanol–water partition coefficient (Wildman–Crippen LogP) is 3.89. The van der Waals surface area contributed by atoms with Crippen molar-refractivity contribution >= 4 is 45.7 Å². The van der Waals surface area contributed by atoms with E-state index in [1.807, 2.05) is 6.07 Å². The van der Waals surface area contributed by atoms with Gasteiger partial charge in [0.1, 0.15) is 0 Å². The first-order valence-corrected chi connectivity index (χ1v) is 9.30. The average molecular weight is 416 g/mol. The third-order valence-corrected chi connectivity index (χ3v) is 5.43. The molecule has 1 aliphatic carbocycles. The smallest absolute Gasteiger partial charge is 0.224 e. The molecule has 1 amide bonds. The minimum Gasteiger partial charge on any atom is -0.325 e. The molecule has 6 heteroatoms. The molecule has 24 heavy (non-hydrogen) atoms. The lowest BCUT2D eigenvalue weighted by molar-refractivity contribution is -0.116. The van der Waals surface area contributed by atoms with Crippen LogP contribution < -0.4 is 10.6 Å². The number of halogens is 2. The van der Waals surface area contributed by atoms with Crippen molar-refractivity contribution in [1.82, 2.24) is 5.32 Å². The molecule has 1 aliphatic heterocycles. The summed E-state index contributed by atoms with van der Waals surface area (Å²) in [6.45, 7) is 3.90. The summed E-state index contributed by atoms with van der Waals surface area (Å²) in [7, 11) is 0. The zero-order valence-electron chi connectivity index (χ0n) is 13.9. The largest absolute Gasteiger partial charge is 0.325 e. The van der Waals surface area contributed by atoms with Crippen molar-refractivity contribution in [3.8, 4) is 0 Å². The molecule has 2 aliphatic rings. The van der Waals surface area contributed by atoms with Gasteiger partial charge in [-0.2, -0.15) is 0 Å². The van der Waals surface area contributed by atoms with Crippen LogP contribution in [-0.4, -0.2) is 24.8 Å². The van der Waals surface area contributed by atoms with E-state index in [0.717, 1.165) is 65.6 Å². The van der Waals surface area contributed by atoms with E-state index in [-0.39, 0.29) is 30.0 Å². The molecule has 0 fully saturated rings. The number of rotatable bonds is 5. The van der Waals surface area contributed by atoms with Gasteiger partial charge >= 0.3 is 0 Å². The van der Waals surface area contributed by atoms with Crippen molar-refractivity contribution in [2.45, 2.75) is 45.4 Å². The molecule has 4 nitrogen and oxygen atoms in total. The van der Waals surface area contributed by atoms with E-state index in [4.69, 9.17) is 0 Å². The second-order valence-corrected chi connectivity index (χ2v) is 7.31. The lowest BCUT2D eigenvalue weighted by atomic mass is 9.78. The van der Waals surface area contributed by atoms with Gasteiger partial charge in [-0.1, -0.05) is 13.3 Å². The van der Waals surface area contributed by atoms with Gasteiger partial charge in [0.15, 0.2) is 5.78 Å². The summed E-state index contributed by atoms with van der Waals surface area (Å²) in [6.07, 6.45) is 5.26. The lowest BCUT2D eigenvalue weighted by Crippen LogP contribution is -2.34. The Morgan fingerprint density at radius 1 is 1.29 bits per heavy atom. The van der Waals surface area contributed by atoms with Crippen LogP contribution in [0.4, 0.5) is 5.69 Å². The quantitative estimate of drug-likeness (QED) is 0.717. The highest BCUT2D eigenvalue weighted by Crippen LogP contribution is 2.39. The van der Waals surface area contributed by atoms with E-state index in [9.17, 15) is 9.59 Å². The number of fused-ring (bicyclic) bond motifs is 3. The molecule has 132 valence electrons. The normalized spacial score (nSPS) is 19.2. The summed E-state index contributed by atoms with van der Waals surface area (Å²) in [6, 6.07) is 2.01. The maximum Gasteiger partial charge on any atom is 0.224 e. The van der Waals surface area contributed by atoms with Crippen molar-refractivity contribution < 1.29 is 9.59 Å². The Labute approximate surface area is 157 Å². The van der Waals surface area contributed by atoms with Crippen LogP contribution in [0.15, 0.2) is 10.5 Å². The van der Waals surface area contributed by atoms with Crippen molar-refractivity contribution in [3.63, 3.8) is 0 Å². The molecule has 0 saturated carbocycles. The third-order valence-electron chi connectivity index (χ3n) is 4.81. The number of unbranched alkanes of at least 4 members (excludes halogenated alkanes) is 1. The molecule has 1 atom stereocenters. The third kappa shape index (κ3) is 3.84. The van der Waals surface area contributed by atoms with Crippen LogP contribution >= 0.6 is 28.3 Å². The first kappa shape index (κ1) is 19.4. The summed E-state index contributed by atoms with van der Waals surface area (Å²) in [5.74, 6) is 0.330. The van der Waals surface area contributed by atoms with Crippen molar-refractivity contribution in [1.29, 1.82) is 0 Å². The van der Waals surface area contributed by atoms with Crippen LogP contribution in [0.25, 0.3) is 0 Å². The molecule has 2 N–H and O–H groups in total. The Bertz CT molecular complexity index is 648. The van der Waals surface area contributed by atoms with Gasteiger partial charge in [0.25, 0.3) is 0 Å². The molecule has 0 saturated heterocycles. The Morgan fingerprint density at radius 2 is 2.08 bits per heavy atom. The Balaban J connectivity index is 0.00000208. The lowest BCUT2D eigenvalue weighted by Gasteiger charge is -2.29. The number of ketones is 1. The van der Waals surface area contributed by atoms with E-state index in [2.05, 4.69) is 33.5 Å². The van der Waals surface area contributed by atoms with E-state index in [0.29, 0.717) is 12.8 Å². The summed E-state index contributed by atoms with van der Waals surface area (Å²) in [4.78, 5) is 24.6. The molecule has 0 radical (unpaired) electrons. The number of Topliss-reactive ketones (excluding diaryl/α,β-unsaturated/α-hetero) is 1. The van der Waals surface area contributed by atoms with Gasteiger partial charge in [-0.3, -0.25) is 9.59 Å². The fourth-order valence-electron chi connectivity index (χ4n) is 3.53. The van der Waals surface area contributed by atoms with E-state index >= 15 is 0 Å². The Kier molecular flexibility index (Phi) is 6.84. The zero-order valence-corrected chi connectivity index (χ0v) is 16.3. The monoisotopic (exact) mass is 414 g/mol. The molecular weight excluding hydrogens is 392 g/mol. The number of amides is 1. The number of aryl methyl sites for hydroxylation is 1. The van der Waals surface area contributed by atoms with E-state index in [1.54, 1.807) is 0 Å². The summed E-state index contributed by atoms with van der Waals surface area (Å²) >= 11 is 3.54. The molecule has 0 aromatic heterocycles. The standard InChI is InChI=1S/C18H23BrN2O2.ClH/c1-2-3-8-20-10-12-5-4-11-9-14(19)17-13(16(11)18(12)23)6-7-15(22)21-17;/h9,12,20H,2-8,10H2,1H3,(H,21,22);1H. The summed E-state index contributed by atoms with van der Waals surface area (Å²) < 4.78 is 0.895. The van der Waals surface area contributed by atoms with Crippen LogP contribution in [0.2, 0.25) is 0 Å². The number of anilines is 1. The van der Waals surface area contributed by atoms with Gasteiger partial charge in [-0.05, 0) is 65.4 Å². The van der Waals surface area contributed by atoms with Crippen molar-refractivity contribution in [2.75, 3.05) is 18.4 Å². The molecule has 1 heterocycles. The minimum atomic E-state index is 0. The minimum absolute atomic E-state index is 0. The molecule has 1 aromatic rings. The van der Waals surface area contributed by atoms with Gasteiger partial charge in [0, 0.05) is 28.9 Å². The van der Waals surface area contributed by atoms with Crippen LogP contribution in [0, 0.1) is 5.92 Å². The zero-order chi connectivity index (χ0) is 16.4. The van der Waals surface area contributed by atoms with Gasteiger partial charge < -0.3 is 10.6 Å². The van der Waals surface area contributed by atoms with Gasteiger partial charge in [-0.15, -0.1) is 12.4 Å². The van der Waals surface area contributed by atoms with E-state index in [1.165, 1.54) is 0 Å². The highest BCUT2D eigenvalue weighted by atomic mass is 79.9. The fourth-order valence-corrected chi connectivity index (χ4v) is 4.14. The maximum atomic E-state index is 13.0. The van der Waals surface area contributed by atoms with Gasteiger partial charge in [-0.25, -0.2) is 0 Å².